The van der Waals surface area contributed by atoms with E-state index in [2.05, 4.69) is 5.32 Å². The summed E-state index contributed by atoms with van der Waals surface area (Å²) in [5.74, 6) is 1.35. The monoisotopic (exact) mass is 271 g/mol. The Hall–Kier alpha value is -1.13. The Morgan fingerprint density at radius 1 is 1.41 bits per heavy atom. The van der Waals surface area contributed by atoms with Crippen LogP contribution in [0.4, 0.5) is 15.8 Å². The first-order valence-electron chi connectivity index (χ1n) is 4.97. The van der Waals surface area contributed by atoms with E-state index >= 15 is 0 Å². The van der Waals surface area contributed by atoms with Crippen LogP contribution in [-0.4, -0.2) is 6.26 Å². The molecule has 0 amide bonds. The van der Waals surface area contributed by atoms with E-state index in [9.17, 15) is 4.39 Å². The summed E-state index contributed by atoms with van der Waals surface area (Å²) in [6.07, 6.45) is 3.62. The summed E-state index contributed by atoms with van der Waals surface area (Å²) in [5.41, 5.74) is 1.46. The molecule has 0 atom stereocenters. The molecule has 2 aromatic rings. The van der Waals surface area contributed by atoms with Crippen molar-refractivity contribution in [3.63, 3.8) is 0 Å². The smallest absolute Gasteiger partial charge is 0.124 e. The molecule has 0 fully saturated rings. The Bertz CT molecular complexity index is 515. The van der Waals surface area contributed by atoms with Gasteiger partial charge in [0.15, 0.2) is 0 Å². The summed E-state index contributed by atoms with van der Waals surface area (Å²) in [4.78, 5) is 0. The minimum Gasteiger partial charge on any atom is -0.466 e. The van der Waals surface area contributed by atoms with Gasteiger partial charge in [-0.2, -0.15) is 11.8 Å². The fraction of sp³-hybridized carbons (Fsp3) is 0.167. The average Bonchev–Trinajstić information content (AvgIpc) is 2.71. The van der Waals surface area contributed by atoms with Gasteiger partial charge in [0.1, 0.15) is 17.8 Å². The van der Waals surface area contributed by atoms with Crippen molar-refractivity contribution in [2.45, 2.75) is 5.75 Å². The van der Waals surface area contributed by atoms with Gasteiger partial charge in [-0.15, -0.1) is 0 Å². The molecule has 17 heavy (non-hydrogen) atoms. The quantitative estimate of drug-likeness (QED) is 0.874. The molecule has 0 saturated carbocycles. The van der Waals surface area contributed by atoms with Gasteiger partial charge in [0.05, 0.1) is 22.2 Å². The highest BCUT2D eigenvalue weighted by atomic mass is 35.5. The van der Waals surface area contributed by atoms with Crippen molar-refractivity contribution in [3.8, 4) is 0 Å². The maximum atomic E-state index is 12.9. The van der Waals surface area contributed by atoms with Crippen LogP contribution in [0.1, 0.15) is 5.76 Å². The third-order valence-electron chi connectivity index (χ3n) is 2.15. The van der Waals surface area contributed by atoms with Crippen molar-refractivity contribution in [1.82, 2.24) is 0 Å². The van der Waals surface area contributed by atoms with Crippen LogP contribution in [0, 0.1) is 5.82 Å². The highest BCUT2D eigenvalue weighted by Gasteiger charge is 2.05. The van der Waals surface area contributed by atoms with Crippen molar-refractivity contribution < 1.29 is 8.81 Å². The maximum absolute atomic E-state index is 12.9. The van der Waals surface area contributed by atoms with Crippen LogP contribution in [0.3, 0.4) is 0 Å². The molecule has 1 aromatic heterocycles. The molecule has 0 bridgehead atoms. The predicted octanol–water partition coefficient (Wildman–Crippen LogP) is 4.68. The molecule has 2 rings (SSSR count). The van der Waals surface area contributed by atoms with Crippen LogP contribution in [0.15, 0.2) is 34.9 Å². The highest BCUT2D eigenvalue weighted by Crippen LogP contribution is 2.27. The van der Waals surface area contributed by atoms with E-state index < -0.39 is 0 Å². The standard InChI is InChI=1S/C12H11ClFNOS/c1-17-7-10-5-9(6-16-10)15-12-3-2-8(14)4-11(12)13/h2-6,15H,7H2,1H3. The molecule has 2 nitrogen and oxygen atoms in total. The second kappa shape index (κ2) is 5.47. The lowest BCUT2D eigenvalue weighted by molar-refractivity contribution is 0.531. The molecule has 5 heteroatoms. The fourth-order valence-electron chi connectivity index (χ4n) is 1.41. The summed E-state index contributed by atoms with van der Waals surface area (Å²) in [7, 11) is 0. The van der Waals surface area contributed by atoms with Crippen molar-refractivity contribution in [2.24, 2.45) is 0 Å². The largest absolute Gasteiger partial charge is 0.466 e. The molecule has 0 spiro atoms. The number of halogens is 2. The van der Waals surface area contributed by atoms with Crippen LogP contribution < -0.4 is 5.32 Å². The van der Waals surface area contributed by atoms with E-state index in [1.807, 2.05) is 12.3 Å². The fourth-order valence-corrected chi connectivity index (χ4v) is 2.06. The van der Waals surface area contributed by atoms with Crippen molar-refractivity contribution in [1.29, 1.82) is 0 Å². The zero-order valence-corrected chi connectivity index (χ0v) is 10.7. The first kappa shape index (κ1) is 12.3. The lowest BCUT2D eigenvalue weighted by atomic mass is 10.3. The number of furan rings is 1. The number of hydrogen-bond acceptors (Lipinski definition) is 3. The van der Waals surface area contributed by atoms with Gasteiger partial charge in [0.25, 0.3) is 0 Å². The third-order valence-corrected chi connectivity index (χ3v) is 3.04. The number of rotatable bonds is 4. The van der Waals surface area contributed by atoms with Crippen LogP contribution in [-0.2, 0) is 5.75 Å². The first-order chi connectivity index (χ1) is 8.19. The third kappa shape index (κ3) is 3.17. The molecule has 0 aliphatic heterocycles. The minimum atomic E-state index is -0.351. The van der Waals surface area contributed by atoms with Crippen molar-refractivity contribution in [3.05, 3.63) is 47.1 Å². The summed E-state index contributed by atoms with van der Waals surface area (Å²) in [6, 6.07) is 6.12. The molecule has 0 aliphatic carbocycles. The van der Waals surface area contributed by atoms with Gasteiger partial charge in [0, 0.05) is 6.07 Å². The topological polar surface area (TPSA) is 25.2 Å². The first-order valence-corrected chi connectivity index (χ1v) is 6.74. The molecule has 1 N–H and O–H groups in total. The normalized spacial score (nSPS) is 10.5. The zero-order chi connectivity index (χ0) is 12.3. The molecule has 90 valence electrons. The predicted molar refractivity (Wildman–Crippen MR) is 70.6 cm³/mol. The Morgan fingerprint density at radius 3 is 2.94 bits per heavy atom. The average molecular weight is 272 g/mol. The van der Waals surface area contributed by atoms with Crippen LogP contribution >= 0.6 is 23.4 Å². The van der Waals surface area contributed by atoms with Crippen LogP contribution in [0.5, 0.6) is 0 Å². The van der Waals surface area contributed by atoms with E-state index in [1.165, 1.54) is 12.1 Å². The van der Waals surface area contributed by atoms with E-state index in [0.717, 1.165) is 17.2 Å². The van der Waals surface area contributed by atoms with Gasteiger partial charge in [0.2, 0.25) is 0 Å². The molecule has 1 heterocycles. The van der Waals surface area contributed by atoms with E-state index in [-0.39, 0.29) is 5.82 Å². The Morgan fingerprint density at radius 2 is 2.24 bits per heavy atom. The number of nitrogens with one attached hydrogen (secondary N) is 1. The van der Waals surface area contributed by atoms with Crippen LogP contribution in [0.25, 0.3) is 0 Å². The van der Waals surface area contributed by atoms with E-state index in [0.29, 0.717) is 10.7 Å². The van der Waals surface area contributed by atoms with Crippen molar-refractivity contribution >= 4 is 34.7 Å². The SMILES string of the molecule is CSCc1cc(Nc2ccc(F)cc2Cl)co1. The summed E-state index contributed by atoms with van der Waals surface area (Å²) in [5, 5.41) is 3.42. The molecule has 0 aliphatic rings. The summed E-state index contributed by atoms with van der Waals surface area (Å²) < 4.78 is 18.2. The molecule has 0 unspecified atom stereocenters. The maximum Gasteiger partial charge on any atom is 0.124 e. The van der Waals surface area contributed by atoms with Gasteiger partial charge in [-0.25, -0.2) is 4.39 Å². The van der Waals surface area contributed by atoms with Crippen LogP contribution in [0.2, 0.25) is 5.02 Å². The minimum absolute atomic E-state index is 0.345. The van der Waals surface area contributed by atoms with Gasteiger partial charge in [-0.3, -0.25) is 0 Å². The highest BCUT2D eigenvalue weighted by molar-refractivity contribution is 7.97. The number of benzene rings is 1. The van der Waals surface area contributed by atoms with Gasteiger partial charge >= 0.3 is 0 Å². The van der Waals surface area contributed by atoms with Gasteiger partial charge in [-0.1, -0.05) is 11.6 Å². The Balaban J connectivity index is 2.13. The van der Waals surface area contributed by atoms with Gasteiger partial charge < -0.3 is 9.73 Å². The number of thioether (sulfide) groups is 1. The summed E-state index contributed by atoms with van der Waals surface area (Å²) in [6.45, 7) is 0. The Kier molecular flexibility index (Phi) is 3.97. The van der Waals surface area contributed by atoms with E-state index in [4.69, 9.17) is 16.0 Å². The molecule has 0 radical (unpaired) electrons. The van der Waals surface area contributed by atoms with Crippen molar-refractivity contribution in [2.75, 3.05) is 11.6 Å². The lowest BCUT2D eigenvalue weighted by Crippen LogP contribution is -1.89. The second-order valence-corrected chi connectivity index (χ2v) is 4.76. The lowest BCUT2D eigenvalue weighted by Gasteiger charge is -2.05. The number of hydrogen-bond donors (Lipinski definition) is 1. The molecule has 0 saturated heterocycles. The molecular weight excluding hydrogens is 261 g/mol. The molecular formula is C12H11ClFNOS. The second-order valence-electron chi connectivity index (χ2n) is 3.48. The zero-order valence-electron chi connectivity index (χ0n) is 9.17. The summed E-state index contributed by atoms with van der Waals surface area (Å²) >= 11 is 7.59. The molecule has 1 aromatic carbocycles. The van der Waals surface area contributed by atoms with Gasteiger partial charge in [-0.05, 0) is 24.5 Å². The number of anilines is 2. The Labute approximate surface area is 108 Å². The van der Waals surface area contributed by atoms with E-state index in [1.54, 1.807) is 24.1 Å².